The van der Waals surface area contributed by atoms with E-state index in [1.807, 2.05) is 0 Å². The molecule has 2 aliphatic rings. The molecule has 1 N–H and O–H groups in total. The molecule has 0 atom stereocenters. The third-order valence-corrected chi connectivity index (χ3v) is 5.96. The average Bonchev–Trinajstić information content (AvgIpc) is 2.69. The Balaban J connectivity index is 0.00000288. The fourth-order valence-corrected chi connectivity index (χ4v) is 3.42. The van der Waals surface area contributed by atoms with Crippen molar-refractivity contribution in [3.8, 4) is 0 Å². The lowest BCUT2D eigenvalue weighted by atomic mass is 9.65. The summed E-state index contributed by atoms with van der Waals surface area (Å²) in [5.74, 6) is 1.09. The smallest absolute Gasteiger partial charge is 0.194 e. The summed E-state index contributed by atoms with van der Waals surface area (Å²) in [4.78, 5) is 12.3. The number of hydrogen-bond acceptors (Lipinski definition) is 3. The molecule has 0 aromatic rings. The number of likely N-dealkylation sites (tertiary alicyclic amines) is 1. The van der Waals surface area contributed by atoms with Crippen LogP contribution in [0.2, 0.25) is 0 Å². The van der Waals surface area contributed by atoms with Crippen LogP contribution in [-0.4, -0.2) is 85.6 Å². The molecule has 142 valence electrons. The fourth-order valence-electron chi connectivity index (χ4n) is 3.42. The van der Waals surface area contributed by atoms with Crippen LogP contribution in [0.1, 0.15) is 41.0 Å². The van der Waals surface area contributed by atoms with Gasteiger partial charge in [-0.1, -0.05) is 13.8 Å². The van der Waals surface area contributed by atoms with E-state index in [1.165, 1.54) is 32.6 Å². The van der Waals surface area contributed by atoms with Gasteiger partial charge in [-0.2, -0.15) is 0 Å². The molecule has 0 amide bonds. The van der Waals surface area contributed by atoms with Crippen LogP contribution in [0.15, 0.2) is 4.99 Å². The first-order valence-electron chi connectivity index (χ1n) is 9.25. The molecule has 2 aliphatic heterocycles. The predicted molar refractivity (Wildman–Crippen MR) is 115 cm³/mol. The van der Waals surface area contributed by atoms with E-state index in [0.717, 1.165) is 32.1 Å². The molecule has 2 saturated heterocycles. The highest BCUT2D eigenvalue weighted by molar-refractivity contribution is 14.0. The molecular weight excluding hydrogens is 413 g/mol. The maximum Gasteiger partial charge on any atom is 0.194 e. The summed E-state index contributed by atoms with van der Waals surface area (Å²) in [6.07, 6.45) is 1.27. The van der Waals surface area contributed by atoms with E-state index >= 15 is 0 Å². The van der Waals surface area contributed by atoms with E-state index in [1.54, 1.807) is 0 Å². The molecule has 0 saturated carbocycles. The second-order valence-electron chi connectivity index (χ2n) is 8.26. The maximum absolute atomic E-state index is 4.92. The maximum atomic E-state index is 4.92. The van der Waals surface area contributed by atoms with Crippen molar-refractivity contribution in [1.82, 2.24) is 20.0 Å². The Labute approximate surface area is 166 Å². The molecule has 2 heterocycles. The Morgan fingerprint density at radius 2 is 1.79 bits per heavy atom. The van der Waals surface area contributed by atoms with Crippen LogP contribution in [0.4, 0.5) is 0 Å². The van der Waals surface area contributed by atoms with Gasteiger partial charge < -0.3 is 20.0 Å². The number of aliphatic imine (C=N–C) groups is 1. The zero-order valence-corrected chi connectivity index (χ0v) is 18.9. The van der Waals surface area contributed by atoms with Crippen molar-refractivity contribution >= 4 is 29.9 Å². The summed E-state index contributed by atoms with van der Waals surface area (Å²) < 4.78 is 0. The molecule has 0 aromatic heterocycles. The third-order valence-electron chi connectivity index (χ3n) is 5.96. The summed E-state index contributed by atoms with van der Waals surface area (Å²) in [6, 6.07) is 0. The normalized spacial score (nSPS) is 24.8. The highest BCUT2D eigenvalue weighted by atomic mass is 127. The molecule has 6 heteroatoms. The number of hydrogen-bond donors (Lipinski definition) is 1. The standard InChI is InChI=1S/C18H37N5.HI/c1-7-19-16(23-15-17(2,3)18(23,4)5)20-9-12-22-11-8-10-21(6)13-14-22;/h7-15H2,1-6H3,(H,19,20);1H. The average molecular weight is 451 g/mol. The van der Waals surface area contributed by atoms with Gasteiger partial charge in [0.15, 0.2) is 5.96 Å². The molecule has 5 nitrogen and oxygen atoms in total. The zero-order chi connectivity index (χ0) is 17.1. The Kier molecular flexibility index (Phi) is 8.26. The third kappa shape index (κ3) is 4.97. The lowest BCUT2D eigenvalue weighted by Crippen LogP contribution is -2.72. The fraction of sp³-hybridized carbons (Fsp3) is 0.944. The number of nitrogens with zero attached hydrogens (tertiary/aromatic N) is 4. The van der Waals surface area contributed by atoms with Crippen molar-refractivity contribution in [1.29, 1.82) is 0 Å². The van der Waals surface area contributed by atoms with Crippen molar-refractivity contribution in [2.75, 3.05) is 59.4 Å². The first kappa shape index (κ1) is 22.0. The molecule has 0 bridgehead atoms. The minimum absolute atomic E-state index is 0. The highest BCUT2D eigenvalue weighted by Gasteiger charge is 2.53. The molecule has 0 radical (unpaired) electrons. The van der Waals surface area contributed by atoms with Crippen molar-refractivity contribution in [2.45, 2.75) is 46.6 Å². The van der Waals surface area contributed by atoms with Gasteiger partial charge in [-0.3, -0.25) is 4.99 Å². The van der Waals surface area contributed by atoms with E-state index in [-0.39, 0.29) is 29.5 Å². The second-order valence-corrected chi connectivity index (χ2v) is 8.26. The Morgan fingerprint density at radius 1 is 1.08 bits per heavy atom. The van der Waals surface area contributed by atoms with Gasteiger partial charge in [0.05, 0.1) is 6.54 Å². The summed E-state index contributed by atoms with van der Waals surface area (Å²) in [7, 11) is 2.22. The quantitative estimate of drug-likeness (QED) is 0.404. The van der Waals surface area contributed by atoms with Crippen molar-refractivity contribution in [2.24, 2.45) is 10.4 Å². The van der Waals surface area contributed by atoms with Gasteiger partial charge in [0, 0.05) is 43.7 Å². The molecule has 2 rings (SSSR count). The molecule has 24 heavy (non-hydrogen) atoms. The summed E-state index contributed by atoms with van der Waals surface area (Å²) in [5.41, 5.74) is 0.512. The largest absolute Gasteiger partial charge is 0.356 e. The van der Waals surface area contributed by atoms with Crippen LogP contribution in [0.25, 0.3) is 0 Å². The van der Waals surface area contributed by atoms with Crippen LogP contribution in [0.3, 0.4) is 0 Å². The zero-order valence-electron chi connectivity index (χ0n) is 16.6. The number of guanidine groups is 1. The molecule has 0 aromatic carbocycles. The summed E-state index contributed by atoms with van der Waals surface area (Å²) >= 11 is 0. The summed E-state index contributed by atoms with van der Waals surface area (Å²) in [6.45, 7) is 20.3. The van der Waals surface area contributed by atoms with E-state index in [4.69, 9.17) is 4.99 Å². The minimum Gasteiger partial charge on any atom is -0.356 e. The first-order chi connectivity index (χ1) is 10.8. The van der Waals surface area contributed by atoms with E-state index < -0.39 is 0 Å². The molecule has 2 fully saturated rings. The van der Waals surface area contributed by atoms with E-state index in [0.29, 0.717) is 5.41 Å². The van der Waals surface area contributed by atoms with Gasteiger partial charge >= 0.3 is 0 Å². The number of nitrogens with one attached hydrogen (secondary N) is 1. The molecular formula is C18H38IN5. The van der Waals surface area contributed by atoms with Gasteiger partial charge in [-0.05, 0) is 47.3 Å². The number of halogens is 1. The molecule has 0 aliphatic carbocycles. The lowest BCUT2D eigenvalue weighted by Gasteiger charge is -2.62. The topological polar surface area (TPSA) is 34.1 Å². The second kappa shape index (κ2) is 9.03. The first-order valence-corrected chi connectivity index (χ1v) is 9.25. The van der Waals surface area contributed by atoms with Crippen LogP contribution in [-0.2, 0) is 0 Å². The minimum atomic E-state index is 0. The van der Waals surface area contributed by atoms with E-state index in [2.05, 4.69) is 61.7 Å². The number of rotatable bonds is 4. The molecule has 0 spiro atoms. The van der Waals surface area contributed by atoms with Gasteiger partial charge in [-0.25, -0.2) is 0 Å². The van der Waals surface area contributed by atoms with Gasteiger partial charge in [0.25, 0.3) is 0 Å². The molecule has 0 unspecified atom stereocenters. The van der Waals surface area contributed by atoms with Crippen molar-refractivity contribution in [3.63, 3.8) is 0 Å². The van der Waals surface area contributed by atoms with Crippen molar-refractivity contribution in [3.05, 3.63) is 0 Å². The van der Waals surface area contributed by atoms with Gasteiger partial charge in [0.1, 0.15) is 0 Å². The van der Waals surface area contributed by atoms with Crippen LogP contribution >= 0.6 is 24.0 Å². The monoisotopic (exact) mass is 451 g/mol. The summed E-state index contributed by atoms with van der Waals surface area (Å²) in [5, 5.41) is 3.48. The predicted octanol–water partition coefficient (Wildman–Crippen LogP) is 2.33. The van der Waals surface area contributed by atoms with Crippen LogP contribution in [0.5, 0.6) is 0 Å². The Bertz CT molecular complexity index is 422. The van der Waals surface area contributed by atoms with E-state index in [9.17, 15) is 0 Å². The lowest BCUT2D eigenvalue weighted by molar-refractivity contribution is -0.0667. The van der Waals surface area contributed by atoms with Crippen LogP contribution < -0.4 is 5.32 Å². The Morgan fingerprint density at radius 3 is 2.38 bits per heavy atom. The van der Waals surface area contributed by atoms with Gasteiger partial charge in [0.2, 0.25) is 0 Å². The SMILES string of the molecule is CCNC(=NCCN1CCCN(C)CC1)N1CC(C)(C)C1(C)C.I. The van der Waals surface area contributed by atoms with Crippen LogP contribution in [0, 0.1) is 5.41 Å². The van der Waals surface area contributed by atoms with Gasteiger partial charge in [-0.15, -0.1) is 24.0 Å². The highest BCUT2D eigenvalue weighted by Crippen LogP contribution is 2.46. The number of likely N-dealkylation sites (N-methyl/N-ethyl adjacent to an activating group) is 1. The Hall–Kier alpha value is -0.0800. The van der Waals surface area contributed by atoms with Crippen molar-refractivity contribution < 1.29 is 0 Å².